The van der Waals surface area contributed by atoms with E-state index in [-0.39, 0.29) is 36.8 Å². The molecule has 48 heavy (non-hydrogen) atoms. The van der Waals surface area contributed by atoms with Gasteiger partial charge in [0.2, 0.25) is 5.91 Å². The van der Waals surface area contributed by atoms with Gasteiger partial charge in [0.15, 0.2) is 0 Å². The molecule has 252 valence electrons. The van der Waals surface area contributed by atoms with E-state index in [4.69, 9.17) is 20.5 Å². The third-order valence-electron chi connectivity index (χ3n) is 8.27. The highest BCUT2D eigenvalue weighted by molar-refractivity contribution is 8.00. The van der Waals surface area contributed by atoms with Crippen LogP contribution in [-0.2, 0) is 27.5 Å². The molecule has 2 heterocycles. The van der Waals surface area contributed by atoms with Gasteiger partial charge in [-0.2, -0.15) is 5.26 Å². The minimum absolute atomic E-state index is 0.0184. The van der Waals surface area contributed by atoms with Crippen LogP contribution >= 0.6 is 11.8 Å². The molecule has 0 spiro atoms. The second kappa shape index (κ2) is 14.6. The van der Waals surface area contributed by atoms with Crippen molar-refractivity contribution in [3.8, 4) is 11.8 Å². The molecule has 12 heteroatoms. The summed E-state index contributed by atoms with van der Waals surface area (Å²) in [6.07, 6.45) is 1.52. The van der Waals surface area contributed by atoms with Gasteiger partial charge in [-0.1, -0.05) is 12.1 Å². The number of benzene rings is 3. The summed E-state index contributed by atoms with van der Waals surface area (Å²) in [5.74, 6) is -2.05. The Balaban J connectivity index is 1.17. The van der Waals surface area contributed by atoms with Crippen LogP contribution < -0.4 is 15.4 Å². The average molecular weight is 677 g/mol. The van der Waals surface area contributed by atoms with Gasteiger partial charge >= 0.3 is 5.97 Å². The van der Waals surface area contributed by atoms with Crippen LogP contribution in [0.3, 0.4) is 0 Å². The fourth-order valence-electron chi connectivity index (χ4n) is 5.93. The summed E-state index contributed by atoms with van der Waals surface area (Å²) < 4.78 is 41.0. The molecule has 3 aromatic rings. The lowest BCUT2D eigenvalue weighted by Gasteiger charge is -2.33. The summed E-state index contributed by atoms with van der Waals surface area (Å²) >= 11 is 1.59. The molecule has 2 amide bonds. The molecule has 9 nitrogen and oxygen atoms in total. The SMILES string of the molecule is CC(C)(C)OC(=O)CC[C@@H](C(N)=O)N1Cc2c(OCc3ccc(SC4CCN(c5ccc(C#N)cc5F)CC4)cc3F)cccc2C1=O. The summed E-state index contributed by atoms with van der Waals surface area (Å²) in [6.45, 7) is 6.52. The van der Waals surface area contributed by atoms with Crippen LogP contribution in [0.1, 0.15) is 73.5 Å². The van der Waals surface area contributed by atoms with Crippen LogP contribution in [0.15, 0.2) is 59.5 Å². The molecule has 0 radical (unpaired) electrons. The van der Waals surface area contributed by atoms with Crippen molar-refractivity contribution in [3.05, 3.63) is 88.5 Å². The van der Waals surface area contributed by atoms with Crippen LogP contribution in [0.4, 0.5) is 14.5 Å². The molecule has 1 atom stereocenters. The molecule has 1 fully saturated rings. The summed E-state index contributed by atoms with van der Waals surface area (Å²) in [5, 5.41) is 9.23. The molecular weight excluding hydrogens is 638 g/mol. The second-order valence-electron chi connectivity index (χ2n) is 12.9. The highest BCUT2D eigenvalue weighted by Crippen LogP contribution is 2.36. The Kier molecular flexibility index (Phi) is 10.6. The Morgan fingerprint density at radius 3 is 2.48 bits per heavy atom. The number of halogens is 2. The van der Waals surface area contributed by atoms with Crippen molar-refractivity contribution < 1.29 is 32.6 Å². The molecule has 5 rings (SSSR count). The van der Waals surface area contributed by atoms with E-state index in [2.05, 4.69) is 0 Å². The number of nitrogens with two attached hydrogens (primary N) is 1. The summed E-state index contributed by atoms with van der Waals surface area (Å²) in [4.78, 5) is 42.0. The number of anilines is 1. The van der Waals surface area contributed by atoms with Gasteiger partial charge < -0.3 is 25.0 Å². The number of carbonyl (C=O) groups is 3. The first kappa shape index (κ1) is 34.7. The van der Waals surface area contributed by atoms with Gasteiger partial charge in [-0.25, -0.2) is 8.78 Å². The molecule has 3 aromatic carbocycles. The van der Waals surface area contributed by atoms with Crippen LogP contribution in [-0.4, -0.2) is 52.7 Å². The number of thioether (sulfide) groups is 1. The maximum atomic E-state index is 15.2. The van der Waals surface area contributed by atoms with Gasteiger partial charge in [0.25, 0.3) is 5.91 Å². The smallest absolute Gasteiger partial charge is 0.306 e. The lowest BCUT2D eigenvalue weighted by Crippen LogP contribution is -2.45. The van der Waals surface area contributed by atoms with Gasteiger partial charge in [-0.15, -0.1) is 11.8 Å². The zero-order valence-corrected chi connectivity index (χ0v) is 27.9. The van der Waals surface area contributed by atoms with Crippen molar-refractivity contribution in [2.75, 3.05) is 18.0 Å². The molecule has 0 aromatic heterocycles. The number of hydrogen-bond donors (Lipinski definition) is 1. The number of nitriles is 1. The Labute approximate surface area is 283 Å². The molecule has 2 aliphatic rings. The maximum absolute atomic E-state index is 15.2. The monoisotopic (exact) mass is 676 g/mol. The molecule has 0 unspecified atom stereocenters. The standard InChI is InChI=1S/C36H38F2N4O5S/c1-36(2,3)47-33(43)12-11-31(34(40)44)42-20-27-26(35(42)45)5-4-6-32(27)46-21-23-8-9-25(18-28(23)37)48-24-13-15-41(16-14-24)30-10-7-22(19-39)17-29(30)38/h4-10,17-18,24,31H,11-16,20-21H2,1-3H3,(H2,40,44)/t31-/m0/s1. The van der Waals surface area contributed by atoms with Crippen molar-refractivity contribution in [3.63, 3.8) is 0 Å². The molecule has 2 N–H and O–H groups in total. The lowest BCUT2D eigenvalue weighted by atomic mass is 10.1. The van der Waals surface area contributed by atoms with Crippen molar-refractivity contribution in [1.82, 2.24) is 4.90 Å². The third kappa shape index (κ3) is 8.26. The molecular formula is C36H38F2N4O5S. The maximum Gasteiger partial charge on any atom is 0.306 e. The number of primary amides is 1. The lowest BCUT2D eigenvalue weighted by molar-refractivity contribution is -0.155. The van der Waals surface area contributed by atoms with E-state index in [1.807, 2.05) is 17.0 Å². The highest BCUT2D eigenvalue weighted by Gasteiger charge is 2.37. The highest BCUT2D eigenvalue weighted by atomic mass is 32.2. The summed E-state index contributed by atoms with van der Waals surface area (Å²) in [7, 11) is 0. The predicted molar refractivity (Wildman–Crippen MR) is 177 cm³/mol. The van der Waals surface area contributed by atoms with E-state index < -0.39 is 41.1 Å². The Morgan fingerprint density at radius 1 is 1.08 bits per heavy atom. The van der Waals surface area contributed by atoms with E-state index in [9.17, 15) is 18.8 Å². The number of esters is 1. The quantitative estimate of drug-likeness (QED) is 0.241. The van der Waals surface area contributed by atoms with Crippen molar-refractivity contribution in [2.24, 2.45) is 5.73 Å². The normalized spacial score (nSPS) is 15.5. The number of ether oxygens (including phenoxy) is 2. The molecule has 1 saturated heterocycles. The van der Waals surface area contributed by atoms with Gasteiger partial charge in [0.1, 0.15) is 35.6 Å². The third-order valence-corrected chi connectivity index (χ3v) is 9.60. The Bertz CT molecular complexity index is 1750. The molecule has 0 saturated carbocycles. The number of fused-ring (bicyclic) bond motifs is 1. The minimum atomic E-state index is -1.02. The summed E-state index contributed by atoms with van der Waals surface area (Å²) in [6, 6.07) is 15.4. The van der Waals surface area contributed by atoms with Gasteiger partial charge in [0.05, 0.1) is 23.9 Å². The van der Waals surface area contributed by atoms with E-state index in [0.29, 0.717) is 41.2 Å². The first-order valence-corrected chi connectivity index (χ1v) is 16.7. The Morgan fingerprint density at radius 2 is 1.83 bits per heavy atom. The zero-order valence-electron chi connectivity index (χ0n) is 27.1. The van der Waals surface area contributed by atoms with Gasteiger partial charge in [0, 0.05) is 46.3 Å². The number of piperidine rings is 1. The number of amides is 2. The average Bonchev–Trinajstić information content (AvgIpc) is 3.36. The van der Waals surface area contributed by atoms with E-state index in [0.717, 1.165) is 17.7 Å². The number of nitrogens with zero attached hydrogens (tertiary/aromatic N) is 3. The first-order chi connectivity index (χ1) is 22.8. The molecule has 2 aliphatic heterocycles. The number of rotatable bonds is 11. The number of carbonyl (C=O) groups excluding carboxylic acids is 3. The zero-order chi connectivity index (χ0) is 34.6. The van der Waals surface area contributed by atoms with Crippen molar-refractivity contribution in [1.29, 1.82) is 5.26 Å². The number of hydrogen-bond acceptors (Lipinski definition) is 8. The van der Waals surface area contributed by atoms with E-state index in [1.54, 1.807) is 68.9 Å². The van der Waals surface area contributed by atoms with Crippen LogP contribution in [0.5, 0.6) is 5.75 Å². The second-order valence-corrected chi connectivity index (χ2v) is 14.3. The van der Waals surface area contributed by atoms with Crippen LogP contribution in [0.25, 0.3) is 0 Å². The molecule has 0 aliphatic carbocycles. The van der Waals surface area contributed by atoms with E-state index in [1.165, 1.54) is 17.0 Å². The minimum Gasteiger partial charge on any atom is -0.488 e. The first-order valence-electron chi connectivity index (χ1n) is 15.8. The fourth-order valence-corrected chi connectivity index (χ4v) is 7.08. The Hall–Kier alpha value is -4.63. The summed E-state index contributed by atoms with van der Waals surface area (Å²) in [5.41, 5.74) is 7.00. The van der Waals surface area contributed by atoms with Crippen molar-refractivity contribution in [2.45, 2.75) is 81.4 Å². The van der Waals surface area contributed by atoms with E-state index >= 15 is 4.39 Å². The fraction of sp³-hybridized carbons (Fsp3) is 0.389. The van der Waals surface area contributed by atoms with Crippen LogP contribution in [0, 0.1) is 23.0 Å². The largest absolute Gasteiger partial charge is 0.488 e. The van der Waals surface area contributed by atoms with Crippen molar-refractivity contribution >= 4 is 35.2 Å². The predicted octanol–water partition coefficient (Wildman–Crippen LogP) is 6.11. The van der Waals surface area contributed by atoms with Gasteiger partial charge in [-0.05, 0) is 82.5 Å². The van der Waals surface area contributed by atoms with Gasteiger partial charge in [-0.3, -0.25) is 14.4 Å². The molecule has 0 bridgehead atoms. The topological polar surface area (TPSA) is 126 Å². The van der Waals surface area contributed by atoms with Crippen LogP contribution in [0.2, 0.25) is 0 Å².